The zero-order chi connectivity index (χ0) is 15.2. The van der Waals surface area contributed by atoms with Crippen molar-refractivity contribution in [3.05, 3.63) is 60.2 Å². The van der Waals surface area contributed by atoms with E-state index in [0.29, 0.717) is 12.2 Å². The van der Waals surface area contributed by atoms with E-state index in [1.165, 1.54) is 0 Å². The molecule has 0 spiro atoms. The van der Waals surface area contributed by atoms with Crippen LogP contribution in [0.15, 0.2) is 54.6 Å². The van der Waals surface area contributed by atoms with Gasteiger partial charge in [0.05, 0.1) is 6.10 Å². The van der Waals surface area contributed by atoms with Crippen molar-refractivity contribution in [3.63, 3.8) is 0 Å². The van der Waals surface area contributed by atoms with Crippen LogP contribution in [0.4, 0.5) is 16.2 Å². The smallest absolute Gasteiger partial charge is 0.326 e. The number of aliphatic hydroxyl groups is 1. The van der Waals surface area contributed by atoms with Crippen LogP contribution >= 0.6 is 0 Å². The molecule has 110 valence electrons. The van der Waals surface area contributed by atoms with Gasteiger partial charge in [-0.15, -0.1) is 0 Å². The number of aliphatic hydroxyl groups excluding tert-OH is 1. The molecule has 0 aromatic heterocycles. The number of carbonyl (C=O) groups is 1. The quantitative estimate of drug-likeness (QED) is 0.897. The zero-order valence-corrected chi connectivity index (χ0v) is 12.3. The average molecular weight is 284 g/mol. The van der Waals surface area contributed by atoms with E-state index in [4.69, 9.17) is 0 Å². The highest BCUT2D eigenvalue weighted by Gasteiger charge is 2.13. The second kappa shape index (κ2) is 6.90. The lowest BCUT2D eigenvalue weighted by molar-refractivity contribution is 0.199. The van der Waals surface area contributed by atoms with Gasteiger partial charge in [0, 0.05) is 17.9 Å². The molecule has 21 heavy (non-hydrogen) atoms. The minimum absolute atomic E-state index is 0.188. The van der Waals surface area contributed by atoms with Gasteiger partial charge in [-0.05, 0) is 43.7 Å². The molecule has 0 aliphatic heterocycles. The van der Waals surface area contributed by atoms with Crippen LogP contribution in [0.2, 0.25) is 0 Å². The van der Waals surface area contributed by atoms with Crippen molar-refractivity contribution in [2.24, 2.45) is 0 Å². The lowest BCUT2D eigenvalue weighted by Gasteiger charge is -2.21. The summed E-state index contributed by atoms with van der Waals surface area (Å²) < 4.78 is 0. The fourth-order valence-electron chi connectivity index (χ4n) is 2.12. The van der Waals surface area contributed by atoms with Crippen molar-refractivity contribution in [1.82, 2.24) is 0 Å². The Morgan fingerprint density at radius 2 is 1.90 bits per heavy atom. The number of rotatable bonds is 4. The van der Waals surface area contributed by atoms with E-state index in [-0.39, 0.29) is 6.03 Å². The fourth-order valence-corrected chi connectivity index (χ4v) is 2.12. The molecule has 0 heterocycles. The summed E-state index contributed by atoms with van der Waals surface area (Å²) in [4.78, 5) is 14.0. The first-order chi connectivity index (χ1) is 10.1. The molecule has 2 aromatic carbocycles. The van der Waals surface area contributed by atoms with E-state index in [2.05, 4.69) is 5.32 Å². The van der Waals surface area contributed by atoms with Crippen LogP contribution in [0, 0.1) is 0 Å². The Balaban J connectivity index is 2.15. The molecule has 2 amide bonds. The van der Waals surface area contributed by atoms with Crippen molar-refractivity contribution in [3.8, 4) is 0 Å². The molecule has 0 bridgehead atoms. The van der Waals surface area contributed by atoms with Gasteiger partial charge < -0.3 is 10.4 Å². The standard InChI is InChI=1S/C17H20N2O2/c1-3-19(16-10-5-4-6-11-16)17(21)18-15-9-7-8-14(12-15)13(2)20/h4-13,20H,3H2,1-2H3,(H,18,21). The molecule has 1 unspecified atom stereocenters. The summed E-state index contributed by atoms with van der Waals surface area (Å²) in [7, 11) is 0. The van der Waals surface area contributed by atoms with Gasteiger partial charge in [-0.3, -0.25) is 4.90 Å². The van der Waals surface area contributed by atoms with Crippen molar-refractivity contribution in [2.75, 3.05) is 16.8 Å². The third kappa shape index (κ3) is 3.83. The Bertz CT molecular complexity index is 597. The summed E-state index contributed by atoms with van der Waals surface area (Å²) in [6.07, 6.45) is -0.557. The van der Waals surface area contributed by atoms with Crippen molar-refractivity contribution in [2.45, 2.75) is 20.0 Å². The molecule has 2 aromatic rings. The number of benzene rings is 2. The summed E-state index contributed by atoms with van der Waals surface area (Å²) in [5, 5.41) is 12.5. The van der Waals surface area contributed by atoms with Crippen LogP contribution in [0.1, 0.15) is 25.5 Å². The molecule has 2 rings (SSSR count). The van der Waals surface area contributed by atoms with Gasteiger partial charge in [0.1, 0.15) is 0 Å². The molecular weight excluding hydrogens is 264 g/mol. The Labute approximate surface area is 125 Å². The number of hydrogen-bond acceptors (Lipinski definition) is 2. The summed E-state index contributed by atoms with van der Waals surface area (Å²) in [6.45, 7) is 4.20. The third-order valence-electron chi connectivity index (χ3n) is 3.25. The maximum Gasteiger partial charge on any atom is 0.326 e. The molecule has 4 heteroatoms. The first kappa shape index (κ1) is 15.1. The van der Waals surface area contributed by atoms with Gasteiger partial charge in [-0.1, -0.05) is 30.3 Å². The van der Waals surface area contributed by atoms with Crippen LogP contribution in [-0.4, -0.2) is 17.7 Å². The highest BCUT2D eigenvalue weighted by atomic mass is 16.3. The molecule has 0 fully saturated rings. The van der Waals surface area contributed by atoms with E-state index < -0.39 is 6.10 Å². The van der Waals surface area contributed by atoms with Gasteiger partial charge in [0.25, 0.3) is 0 Å². The van der Waals surface area contributed by atoms with Crippen molar-refractivity contribution in [1.29, 1.82) is 0 Å². The van der Waals surface area contributed by atoms with Crippen LogP contribution in [-0.2, 0) is 0 Å². The summed E-state index contributed by atoms with van der Waals surface area (Å²) >= 11 is 0. The zero-order valence-electron chi connectivity index (χ0n) is 12.3. The Morgan fingerprint density at radius 1 is 1.19 bits per heavy atom. The van der Waals surface area contributed by atoms with Gasteiger partial charge in [-0.2, -0.15) is 0 Å². The Hall–Kier alpha value is -2.33. The molecule has 2 N–H and O–H groups in total. The van der Waals surface area contributed by atoms with Crippen molar-refractivity contribution < 1.29 is 9.90 Å². The number of para-hydroxylation sites is 1. The SMILES string of the molecule is CCN(C(=O)Nc1cccc(C(C)O)c1)c1ccccc1. The predicted molar refractivity (Wildman–Crippen MR) is 85.6 cm³/mol. The molecule has 0 saturated heterocycles. The van der Waals surface area contributed by atoms with Gasteiger partial charge in [-0.25, -0.2) is 4.79 Å². The minimum Gasteiger partial charge on any atom is -0.389 e. The minimum atomic E-state index is -0.557. The monoisotopic (exact) mass is 284 g/mol. The number of nitrogens with one attached hydrogen (secondary N) is 1. The highest BCUT2D eigenvalue weighted by Crippen LogP contribution is 2.19. The highest BCUT2D eigenvalue weighted by molar-refractivity contribution is 6.01. The largest absolute Gasteiger partial charge is 0.389 e. The van der Waals surface area contributed by atoms with Crippen LogP contribution in [0.5, 0.6) is 0 Å². The second-order valence-electron chi connectivity index (χ2n) is 4.81. The lowest BCUT2D eigenvalue weighted by Crippen LogP contribution is -2.34. The van der Waals surface area contributed by atoms with E-state index in [9.17, 15) is 9.90 Å². The summed E-state index contributed by atoms with van der Waals surface area (Å²) in [6, 6.07) is 16.6. The van der Waals surface area contributed by atoms with Crippen LogP contribution in [0.25, 0.3) is 0 Å². The summed E-state index contributed by atoms with van der Waals surface area (Å²) in [5.74, 6) is 0. The van der Waals surface area contributed by atoms with Gasteiger partial charge in [0.15, 0.2) is 0 Å². The fraction of sp³-hybridized carbons (Fsp3) is 0.235. The molecule has 0 saturated carbocycles. The maximum absolute atomic E-state index is 12.4. The van der Waals surface area contributed by atoms with E-state index in [1.54, 1.807) is 17.9 Å². The average Bonchev–Trinajstić information content (AvgIpc) is 2.49. The number of urea groups is 1. The first-order valence-corrected chi connectivity index (χ1v) is 7.03. The molecule has 0 radical (unpaired) electrons. The molecule has 0 aliphatic carbocycles. The van der Waals surface area contributed by atoms with E-state index in [0.717, 1.165) is 11.3 Å². The van der Waals surface area contributed by atoms with Crippen LogP contribution < -0.4 is 10.2 Å². The van der Waals surface area contributed by atoms with Crippen molar-refractivity contribution >= 4 is 17.4 Å². The molecule has 0 aliphatic rings. The topological polar surface area (TPSA) is 52.6 Å². The van der Waals surface area contributed by atoms with E-state index in [1.807, 2.05) is 55.5 Å². The molecule has 1 atom stereocenters. The van der Waals surface area contributed by atoms with E-state index >= 15 is 0 Å². The molecular formula is C17H20N2O2. The van der Waals surface area contributed by atoms with Gasteiger partial charge in [0.2, 0.25) is 0 Å². The number of hydrogen-bond donors (Lipinski definition) is 2. The maximum atomic E-state index is 12.4. The number of carbonyl (C=O) groups excluding carboxylic acids is 1. The number of amides is 2. The first-order valence-electron chi connectivity index (χ1n) is 7.03. The lowest BCUT2D eigenvalue weighted by atomic mass is 10.1. The normalized spacial score (nSPS) is 11.8. The summed E-state index contributed by atoms with van der Waals surface area (Å²) in [5.41, 5.74) is 2.30. The Kier molecular flexibility index (Phi) is 4.95. The van der Waals surface area contributed by atoms with Gasteiger partial charge >= 0.3 is 6.03 Å². The second-order valence-corrected chi connectivity index (χ2v) is 4.81. The predicted octanol–water partition coefficient (Wildman–Crippen LogP) is 3.80. The number of nitrogens with zero attached hydrogens (tertiary/aromatic N) is 1. The number of anilines is 2. The molecule has 4 nitrogen and oxygen atoms in total. The van der Waals surface area contributed by atoms with Crippen LogP contribution in [0.3, 0.4) is 0 Å². The third-order valence-corrected chi connectivity index (χ3v) is 3.25. The Morgan fingerprint density at radius 3 is 2.52 bits per heavy atom.